The summed E-state index contributed by atoms with van der Waals surface area (Å²) >= 11 is 9.07. The summed E-state index contributed by atoms with van der Waals surface area (Å²) in [5.41, 5.74) is 3.38. The predicted molar refractivity (Wildman–Crippen MR) is 98.2 cm³/mol. The summed E-state index contributed by atoms with van der Waals surface area (Å²) in [4.78, 5) is 21.9. The van der Waals surface area contributed by atoms with Crippen molar-refractivity contribution in [3.8, 4) is 5.75 Å². The quantitative estimate of drug-likeness (QED) is 0.431. The summed E-state index contributed by atoms with van der Waals surface area (Å²) in [6.07, 6.45) is 1.28. The van der Waals surface area contributed by atoms with Gasteiger partial charge in [-0.25, -0.2) is 5.43 Å². The van der Waals surface area contributed by atoms with Crippen LogP contribution in [0.5, 0.6) is 5.75 Å². The summed E-state index contributed by atoms with van der Waals surface area (Å²) in [6.45, 7) is 1.66. The lowest BCUT2D eigenvalue weighted by molar-refractivity contribution is -0.384. The number of rotatable bonds is 6. The molecule has 0 aliphatic rings. The number of hydrazone groups is 1. The van der Waals surface area contributed by atoms with Crippen LogP contribution in [0.2, 0.25) is 5.02 Å². The number of aryl methyl sites for hydroxylation is 1. The average Bonchev–Trinajstić information content (AvgIpc) is 2.55. The highest BCUT2D eigenvalue weighted by Gasteiger charge is 2.12. The van der Waals surface area contributed by atoms with E-state index in [0.717, 1.165) is 10.0 Å². The molecule has 1 amide bonds. The maximum Gasteiger partial charge on any atom is 0.288 e. The molecule has 0 saturated carbocycles. The molecule has 7 nitrogen and oxygen atoms in total. The predicted octanol–water partition coefficient (Wildman–Crippen LogP) is 3.85. The largest absolute Gasteiger partial charge is 0.483 e. The van der Waals surface area contributed by atoms with Crippen LogP contribution in [-0.4, -0.2) is 23.7 Å². The molecule has 2 aromatic carbocycles. The van der Waals surface area contributed by atoms with Crippen LogP contribution in [0.25, 0.3) is 0 Å². The summed E-state index contributed by atoms with van der Waals surface area (Å²) < 4.78 is 6.33. The normalized spacial score (nSPS) is 10.7. The number of nitrogens with one attached hydrogen (secondary N) is 1. The first kappa shape index (κ1) is 18.9. The van der Waals surface area contributed by atoms with Crippen molar-refractivity contribution in [1.82, 2.24) is 5.43 Å². The van der Waals surface area contributed by atoms with Crippen molar-refractivity contribution < 1.29 is 14.5 Å². The van der Waals surface area contributed by atoms with Gasteiger partial charge in [0, 0.05) is 16.1 Å². The summed E-state index contributed by atoms with van der Waals surface area (Å²) in [5, 5.41) is 14.6. The molecule has 0 heterocycles. The average molecular weight is 427 g/mol. The van der Waals surface area contributed by atoms with Gasteiger partial charge in [-0.05, 0) is 36.8 Å². The highest BCUT2D eigenvalue weighted by Crippen LogP contribution is 2.24. The van der Waals surface area contributed by atoms with Crippen LogP contribution in [0, 0.1) is 17.0 Å². The number of amides is 1. The van der Waals surface area contributed by atoms with Crippen molar-refractivity contribution in [3.63, 3.8) is 0 Å². The number of carbonyl (C=O) groups excluding carboxylic acids is 1. The van der Waals surface area contributed by atoms with Crippen molar-refractivity contribution >= 4 is 45.3 Å². The van der Waals surface area contributed by atoms with E-state index in [0.29, 0.717) is 11.3 Å². The van der Waals surface area contributed by atoms with Crippen LogP contribution in [0.3, 0.4) is 0 Å². The number of hydrogen-bond donors (Lipinski definition) is 1. The number of nitro groups is 1. The minimum atomic E-state index is -0.591. The molecule has 2 aromatic rings. The Morgan fingerprint density at radius 3 is 2.84 bits per heavy atom. The van der Waals surface area contributed by atoms with E-state index in [4.69, 9.17) is 16.3 Å². The van der Waals surface area contributed by atoms with Gasteiger partial charge in [0.05, 0.1) is 11.1 Å². The van der Waals surface area contributed by atoms with Gasteiger partial charge >= 0.3 is 0 Å². The zero-order chi connectivity index (χ0) is 18.4. The number of ether oxygens (including phenoxy) is 1. The molecule has 0 aliphatic carbocycles. The number of nitrogens with zero attached hydrogens (tertiary/aromatic N) is 2. The van der Waals surface area contributed by atoms with Crippen LogP contribution >= 0.6 is 27.5 Å². The molecule has 0 atom stereocenters. The van der Waals surface area contributed by atoms with E-state index >= 15 is 0 Å². The fraction of sp³-hybridized carbons (Fsp3) is 0.125. The van der Waals surface area contributed by atoms with Gasteiger partial charge in [0.1, 0.15) is 10.8 Å². The standard InChI is InChI=1S/C16H13BrClN3O4/c1-10-6-12(17)3-5-15(10)25-9-16(22)20-19-8-11-2-4-13(18)14(7-11)21(23)24/h2-8H,9H2,1H3,(H,20,22). The molecule has 0 aliphatic heterocycles. The Morgan fingerprint density at radius 2 is 2.16 bits per heavy atom. The number of benzene rings is 2. The fourth-order valence-corrected chi connectivity index (χ4v) is 2.54. The van der Waals surface area contributed by atoms with Gasteiger partial charge in [-0.2, -0.15) is 5.10 Å². The van der Waals surface area contributed by atoms with E-state index in [1.165, 1.54) is 18.3 Å². The van der Waals surface area contributed by atoms with Gasteiger partial charge in [-0.1, -0.05) is 33.6 Å². The van der Waals surface area contributed by atoms with Crippen molar-refractivity contribution in [2.45, 2.75) is 6.92 Å². The second-order valence-electron chi connectivity index (χ2n) is 4.96. The number of nitro benzene ring substituents is 1. The fourth-order valence-electron chi connectivity index (χ4n) is 1.88. The van der Waals surface area contributed by atoms with E-state index in [2.05, 4.69) is 26.5 Å². The SMILES string of the molecule is Cc1cc(Br)ccc1OCC(=O)NN=Cc1ccc(Cl)c([N+](=O)[O-])c1. The highest BCUT2D eigenvalue weighted by molar-refractivity contribution is 9.10. The van der Waals surface area contributed by atoms with Crippen LogP contribution < -0.4 is 10.2 Å². The molecule has 25 heavy (non-hydrogen) atoms. The molecular formula is C16H13BrClN3O4. The van der Waals surface area contributed by atoms with E-state index in [1.54, 1.807) is 12.1 Å². The van der Waals surface area contributed by atoms with Gasteiger partial charge in [-0.3, -0.25) is 14.9 Å². The molecule has 130 valence electrons. The van der Waals surface area contributed by atoms with Crippen LogP contribution in [0.4, 0.5) is 5.69 Å². The van der Waals surface area contributed by atoms with Gasteiger partial charge < -0.3 is 4.74 Å². The molecule has 0 bridgehead atoms. The Bertz CT molecular complexity index is 842. The number of halogens is 2. The topological polar surface area (TPSA) is 93.8 Å². The molecule has 2 rings (SSSR count). The maximum absolute atomic E-state index is 11.7. The third kappa shape index (κ3) is 5.54. The summed E-state index contributed by atoms with van der Waals surface area (Å²) in [5.74, 6) is 0.137. The molecular weight excluding hydrogens is 414 g/mol. The van der Waals surface area contributed by atoms with E-state index < -0.39 is 10.8 Å². The smallest absolute Gasteiger partial charge is 0.288 e. The third-order valence-corrected chi connectivity index (χ3v) is 3.88. The lowest BCUT2D eigenvalue weighted by Crippen LogP contribution is -2.24. The lowest BCUT2D eigenvalue weighted by Gasteiger charge is -2.08. The van der Waals surface area contributed by atoms with E-state index in [-0.39, 0.29) is 17.3 Å². The summed E-state index contributed by atoms with van der Waals surface area (Å²) in [7, 11) is 0. The molecule has 0 aromatic heterocycles. The van der Waals surface area contributed by atoms with Crippen molar-refractivity contribution in [1.29, 1.82) is 0 Å². The first-order valence-corrected chi connectivity index (χ1v) is 8.18. The summed E-state index contributed by atoms with van der Waals surface area (Å²) in [6, 6.07) is 9.64. The van der Waals surface area contributed by atoms with E-state index in [9.17, 15) is 14.9 Å². The Morgan fingerprint density at radius 1 is 1.40 bits per heavy atom. The monoisotopic (exact) mass is 425 g/mol. The first-order valence-electron chi connectivity index (χ1n) is 7.01. The van der Waals surface area contributed by atoms with Crippen molar-refractivity contribution in [3.05, 3.63) is 67.1 Å². The molecule has 0 spiro atoms. The first-order chi connectivity index (χ1) is 11.9. The van der Waals surface area contributed by atoms with Crippen LogP contribution in [0.1, 0.15) is 11.1 Å². The Kier molecular flexibility index (Phi) is 6.49. The molecule has 0 radical (unpaired) electrons. The Hall–Kier alpha value is -2.45. The maximum atomic E-state index is 11.7. The second kappa shape index (κ2) is 8.59. The zero-order valence-corrected chi connectivity index (χ0v) is 15.4. The molecule has 0 fully saturated rings. The van der Waals surface area contributed by atoms with Gasteiger partial charge in [0.15, 0.2) is 6.61 Å². The highest BCUT2D eigenvalue weighted by atomic mass is 79.9. The van der Waals surface area contributed by atoms with Crippen LogP contribution in [-0.2, 0) is 4.79 Å². The zero-order valence-electron chi connectivity index (χ0n) is 13.0. The van der Waals surface area contributed by atoms with Crippen molar-refractivity contribution in [2.75, 3.05) is 6.61 Å². The number of hydrogen-bond acceptors (Lipinski definition) is 5. The Labute approximate surface area is 156 Å². The van der Waals surface area contributed by atoms with Gasteiger partial charge in [0.2, 0.25) is 0 Å². The van der Waals surface area contributed by atoms with Gasteiger partial charge in [-0.15, -0.1) is 0 Å². The molecule has 0 saturated heterocycles. The minimum Gasteiger partial charge on any atom is -0.483 e. The van der Waals surface area contributed by atoms with Crippen molar-refractivity contribution in [2.24, 2.45) is 5.10 Å². The van der Waals surface area contributed by atoms with Crippen LogP contribution in [0.15, 0.2) is 46.0 Å². The lowest BCUT2D eigenvalue weighted by atomic mass is 10.2. The minimum absolute atomic E-state index is 0.0319. The molecule has 1 N–H and O–H groups in total. The second-order valence-corrected chi connectivity index (χ2v) is 6.28. The Balaban J connectivity index is 1.90. The third-order valence-electron chi connectivity index (χ3n) is 3.07. The molecule has 9 heteroatoms. The van der Waals surface area contributed by atoms with E-state index in [1.807, 2.05) is 19.1 Å². The van der Waals surface area contributed by atoms with Gasteiger partial charge in [0.25, 0.3) is 11.6 Å². The number of carbonyl (C=O) groups is 1. The molecule has 0 unspecified atom stereocenters.